The molecule has 0 N–H and O–H groups in total. The summed E-state index contributed by atoms with van der Waals surface area (Å²) in [7, 11) is 1.66. The third-order valence-electron chi connectivity index (χ3n) is 3.76. The second kappa shape index (κ2) is 5.21. The first-order chi connectivity index (χ1) is 10.8. The monoisotopic (exact) mass is 356 g/mol. The van der Waals surface area contributed by atoms with E-state index in [1.54, 1.807) is 7.11 Å². The number of halogens is 1. The summed E-state index contributed by atoms with van der Waals surface area (Å²) >= 11 is 3.57. The fraction of sp³-hybridized carbons (Fsp3) is 0.111. The quantitative estimate of drug-likeness (QED) is 0.640. The molecule has 1 heterocycles. The summed E-state index contributed by atoms with van der Waals surface area (Å²) in [6.45, 7) is 0. The Kier molecular flexibility index (Phi) is 3.19. The van der Waals surface area contributed by atoms with Crippen LogP contribution < -0.4 is 14.2 Å². The molecular weight excluding hydrogens is 344 g/mol. The normalized spacial score (nSPS) is 16.0. The molecule has 3 aromatic carbocycles. The van der Waals surface area contributed by atoms with Crippen LogP contribution in [0.4, 0.5) is 0 Å². The van der Waals surface area contributed by atoms with E-state index in [0.717, 1.165) is 38.1 Å². The number of rotatable bonds is 2. The molecule has 110 valence electrons. The van der Waals surface area contributed by atoms with E-state index in [0.29, 0.717) is 0 Å². The van der Waals surface area contributed by atoms with E-state index in [1.165, 1.54) is 0 Å². The van der Waals surface area contributed by atoms with Gasteiger partial charge in [-0.2, -0.15) is 0 Å². The maximum Gasteiger partial charge on any atom is 0.267 e. The first kappa shape index (κ1) is 13.5. The van der Waals surface area contributed by atoms with Crippen molar-refractivity contribution < 1.29 is 14.2 Å². The van der Waals surface area contributed by atoms with Crippen LogP contribution in [0.2, 0.25) is 0 Å². The van der Waals surface area contributed by atoms with Gasteiger partial charge in [-0.25, -0.2) is 0 Å². The second-order valence-electron chi connectivity index (χ2n) is 5.04. The van der Waals surface area contributed by atoms with E-state index in [1.807, 2.05) is 54.6 Å². The van der Waals surface area contributed by atoms with Gasteiger partial charge in [-0.15, -0.1) is 0 Å². The molecular formula is C18H13BrO3. The van der Waals surface area contributed by atoms with E-state index >= 15 is 0 Å². The van der Waals surface area contributed by atoms with Gasteiger partial charge in [-0.3, -0.25) is 0 Å². The van der Waals surface area contributed by atoms with Crippen LogP contribution in [0, 0.1) is 0 Å². The Balaban J connectivity index is 1.90. The van der Waals surface area contributed by atoms with Gasteiger partial charge in [0.2, 0.25) is 0 Å². The summed E-state index contributed by atoms with van der Waals surface area (Å²) in [6.07, 6.45) is -0.455. The molecule has 0 spiro atoms. The highest BCUT2D eigenvalue weighted by Gasteiger charge is 2.27. The average molecular weight is 357 g/mol. The predicted octanol–water partition coefficient (Wildman–Crippen LogP) is 5.08. The van der Waals surface area contributed by atoms with Crippen molar-refractivity contribution in [3.05, 3.63) is 64.6 Å². The lowest BCUT2D eigenvalue weighted by molar-refractivity contribution is -0.00297. The van der Waals surface area contributed by atoms with Crippen molar-refractivity contribution in [2.45, 2.75) is 6.29 Å². The third kappa shape index (κ3) is 2.03. The van der Waals surface area contributed by atoms with Gasteiger partial charge in [0, 0.05) is 10.9 Å². The zero-order chi connectivity index (χ0) is 15.1. The van der Waals surface area contributed by atoms with Gasteiger partial charge in [0.05, 0.1) is 17.0 Å². The highest BCUT2D eigenvalue weighted by Crippen LogP contribution is 2.48. The Hall–Kier alpha value is -2.20. The van der Waals surface area contributed by atoms with Gasteiger partial charge in [0.15, 0.2) is 0 Å². The predicted molar refractivity (Wildman–Crippen MR) is 88.6 cm³/mol. The highest BCUT2D eigenvalue weighted by molar-refractivity contribution is 9.10. The minimum Gasteiger partial charge on any atom is -0.496 e. The smallest absolute Gasteiger partial charge is 0.267 e. The van der Waals surface area contributed by atoms with Crippen molar-refractivity contribution in [2.24, 2.45) is 0 Å². The van der Waals surface area contributed by atoms with Crippen molar-refractivity contribution in [1.82, 2.24) is 0 Å². The Morgan fingerprint density at radius 3 is 2.55 bits per heavy atom. The first-order valence-electron chi connectivity index (χ1n) is 6.95. The van der Waals surface area contributed by atoms with Crippen LogP contribution in [-0.4, -0.2) is 7.11 Å². The summed E-state index contributed by atoms with van der Waals surface area (Å²) in [5, 5.41) is 1.91. The van der Waals surface area contributed by atoms with Crippen LogP contribution in [0.15, 0.2) is 59.1 Å². The van der Waals surface area contributed by atoms with E-state index in [-0.39, 0.29) is 0 Å². The van der Waals surface area contributed by atoms with Gasteiger partial charge in [-0.05, 0) is 40.2 Å². The molecule has 22 heavy (non-hydrogen) atoms. The van der Waals surface area contributed by atoms with Crippen molar-refractivity contribution in [1.29, 1.82) is 0 Å². The molecule has 0 aliphatic carbocycles. The molecule has 1 unspecified atom stereocenters. The largest absolute Gasteiger partial charge is 0.496 e. The zero-order valence-corrected chi connectivity index (χ0v) is 13.5. The molecule has 1 aliphatic heterocycles. The van der Waals surface area contributed by atoms with Crippen LogP contribution in [0.1, 0.15) is 11.9 Å². The Morgan fingerprint density at radius 2 is 1.77 bits per heavy atom. The number of methoxy groups -OCH3 is 1. The van der Waals surface area contributed by atoms with Gasteiger partial charge < -0.3 is 14.2 Å². The topological polar surface area (TPSA) is 27.7 Å². The van der Waals surface area contributed by atoms with Gasteiger partial charge in [0.25, 0.3) is 6.29 Å². The maximum absolute atomic E-state index is 6.10. The third-order valence-corrected chi connectivity index (χ3v) is 4.38. The van der Waals surface area contributed by atoms with Gasteiger partial charge >= 0.3 is 0 Å². The minimum atomic E-state index is -0.455. The maximum atomic E-state index is 6.10. The zero-order valence-electron chi connectivity index (χ0n) is 11.9. The molecule has 0 saturated carbocycles. The van der Waals surface area contributed by atoms with Crippen molar-refractivity contribution in [2.75, 3.05) is 7.11 Å². The molecule has 4 rings (SSSR count). The molecule has 4 heteroatoms. The van der Waals surface area contributed by atoms with Crippen LogP contribution in [0.3, 0.4) is 0 Å². The molecule has 0 radical (unpaired) electrons. The fourth-order valence-corrected chi connectivity index (χ4v) is 3.14. The van der Waals surface area contributed by atoms with Crippen molar-refractivity contribution in [3.63, 3.8) is 0 Å². The minimum absolute atomic E-state index is 0.455. The van der Waals surface area contributed by atoms with Crippen LogP contribution in [0.5, 0.6) is 17.2 Å². The number of hydrogen-bond acceptors (Lipinski definition) is 3. The first-order valence-corrected chi connectivity index (χ1v) is 7.74. The molecule has 0 amide bonds. The lowest BCUT2D eigenvalue weighted by atomic mass is 10.1. The van der Waals surface area contributed by atoms with E-state index in [9.17, 15) is 0 Å². The summed E-state index contributed by atoms with van der Waals surface area (Å²) in [4.78, 5) is 0. The molecule has 1 aliphatic rings. The van der Waals surface area contributed by atoms with E-state index in [4.69, 9.17) is 14.2 Å². The fourth-order valence-electron chi connectivity index (χ4n) is 2.72. The molecule has 0 fully saturated rings. The Labute approximate surface area is 136 Å². The van der Waals surface area contributed by atoms with Gasteiger partial charge in [0.1, 0.15) is 17.2 Å². The van der Waals surface area contributed by atoms with E-state index in [2.05, 4.69) is 15.9 Å². The lowest BCUT2D eigenvalue weighted by Gasteiger charge is -2.28. The molecule has 3 nitrogen and oxygen atoms in total. The summed E-state index contributed by atoms with van der Waals surface area (Å²) in [5.74, 6) is 2.39. The summed E-state index contributed by atoms with van der Waals surface area (Å²) in [5.41, 5.74) is 0.980. The molecule has 1 atom stereocenters. The van der Waals surface area contributed by atoms with Crippen LogP contribution >= 0.6 is 15.9 Å². The highest BCUT2D eigenvalue weighted by atomic mass is 79.9. The van der Waals surface area contributed by atoms with Crippen LogP contribution in [0.25, 0.3) is 10.8 Å². The summed E-state index contributed by atoms with van der Waals surface area (Å²) < 4.78 is 18.5. The van der Waals surface area contributed by atoms with Crippen molar-refractivity contribution in [3.8, 4) is 17.2 Å². The van der Waals surface area contributed by atoms with Crippen molar-refractivity contribution >= 4 is 26.7 Å². The van der Waals surface area contributed by atoms with E-state index < -0.39 is 6.29 Å². The SMILES string of the molecule is COc1ccc2c3c(c(Br)ccc13)OC(c1ccccc1)O2. The molecule has 0 aromatic heterocycles. The number of benzene rings is 3. The van der Waals surface area contributed by atoms with Crippen LogP contribution in [-0.2, 0) is 0 Å². The lowest BCUT2D eigenvalue weighted by Crippen LogP contribution is -2.19. The molecule has 3 aromatic rings. The second-order valence-corrected chi connectivity index (χ2v) is 5.90. The average Bonchev–Trinajstić information content (AvgIpc) is 2.58. The van der Waals surface area contributed by atoms with Gasteiger partial charge in [-0.1, -0.05) is 30.3 Å². The molecule has 0 bridgehead atoms. The Bertz CT molecular complexity index is 846. The standard InChI is InChI=1S/C18H13BrO3/c1-20-14-9-10-15-16-12(14)7-8-13(19)17(16)22-18(21-15)11-5-3-2-4-6-11/h2-10,18H,1H3. The number of ether oxygens (including phenoxy) is 3. The number of hydrogen-bond donors (Lipinski definition) is 0. The summed E-state index contributed by atoms with van der Waals surface area (Å²) in [6, 6.07) is 17.7. The molecule has 0 saturated heterocycles. The Morgan fingerprint density at radius 1 is 0.955 bits per heavy atom.